The predicted molar refractivity (Wildman–Crippen MR) is 133 cm³/mol. The first-order valence-corrected chi connectivity index (χ1v) is 11.5. The molecule has 3 rings (SSSR count). The monoisotopic (exact) mass is 463 g/mol. The minimum absolute atomic E-state index is 0. The van der Waals surface area contributed by atoms with Gasteiger partial charge in [0, 0.05) is 10.5 Å². The number of hydrogen-bond donors (Lipinski definition) is 4. The Hall–Kier alpha value is -2.05. The first-order chi connectivity index (χ1) is 14.2. The lowest BCUT2D eigenvalue weighted by atomic mass is 9.85. The van der Waals surface area contributed by atoms with Crippen molar-refractivity contribution in [1.82, 2.24) is 0 Å². The van der Waals surface area contributed by atoms with Crippen molar-refractivity contribution >= 4 is 35.8 Å². The van der Waals surface area contributed by atoms with Gasteiger partial charge >= 0.3 is 0 Å². The van der Waals surface area contributed by atoms with E-state index in [1.165, 1.54) is 5.56 Å². The molecule has 0 radical (unpaired) electrons. The minimum atomic E-state index is -0.160. The summed E-state index contributed by atoms with van der Waals surface area (Å²) in [5.41, 5.74) is 10.3. The fourth-order valence-corrected chi connectivity index (χ4v) is 5.11. The molecule has 1 atom stereocenters. The molecule has 0 spiro atoms. The Morgan fingerprint density at radius 1 is 1.19 bits per heavy atom. The number of rotatable bonds is 7. The lowest BCUT2D eigenvalue weighted by Gasteiger charge is -2.38. The van der Waals surface area contributed by atoms with Crippen molar-refractivity contribution in [2.75, 3.05) is 11.1 Å². The van der Waals surface area contributed by atoms with Crippen LogP contribution in [0.3, 0.4) is 0 Å². The number of phenolic OH excluding ortho intramolecular Hbond substituents is 1. The minimum Gasteiger partial charge on any atom is -0.507 e. The summed E-state index contributed by atoms with van der Waals surface area (Å²) in [5.74, 6) is 2.36. The Morgan fingerprint density at radius 2 is 1.90 bits per heavy atom. The lowest BCUT2D eigenvalue weighted by Crippen LogP contribution is -2.37. The SMILES string of the molecule is Cc1c(C)c2c(c(C)c1O)CCC(C)(CCCCSc1ccccc1NC(=N)N)O2.Cl. The van der Waals surface area contributed by atoms with Gasteiger partial charge in [-0.05, 0) is 94.4 Å². The Balaban J connectivity index is 0.00000341. The normalized spacial score (nSPS) is 17.3. The third-order valence-electron chi connectivity index (χ3n) is 6.11. The third kappa shape index (κ3) is 5.80. The van der Waals surface area contributed by atoms with Crippen molar-refractivity contribution in [3.05, 3.63) is 46.5 Å². The molecular weight excluding hydrogens is 430 g/mol. The van der Waals surface area contributed by atoms with E-state index < -0.39 is 0 Å². The van der Waals surface area contributed by atoms with Crippen molar-refractivity contribution in [1.29, 1.82) is 5.41 Å². The van der Waals surface area contributed by atoms with Gasteiger partial charge in [-0.25, -0.2) is 0 Å². The maximum absolute atomic E-state index is 10.4. The number of unbranched alkanes of at least 4 members (excludes halogenated alkanes) is 1. The standard InChI is InChI=1S/C24H33N3O2S.ClH/c1-15-16(2)22-18(17(3)21(15)28)11-13-24(4,29-22)12-7-8-14-30-20-10-6-5-9-19(20)27-23(25)26;/h5-6,9-10,28H,7-8,11-14H2,1-4H3,(H4,25,26,27);1H. The van der Waals surface area contributed by atoms with E-state index in [1.54, 1.807) is 11.8 Å². The highest BCUT2D eigenvalue weighted by Crippen LogP contribution is 2.44. The van der Waals surface area contributed by atoms with E-state index in [9.17, 15) is 5.11 Å². The molecule has 5 nitrogen and oxygen atoms in total. The van der Waals surface area contributed by atoms with E-state index in [4.69, 9.17) is 15.9 Å². The molecule has 0 aromatic heterocycles. The quantitative estimate of drug-likeness (QED) is 0.172. The van der Waals surface area contributed by atoms with Crippen LogP contribution in [0.4, 0.5) is 5.69 Å². The summed E-state index contributed by atoms with van der Waals surface area (Å²) in [6.07, 6.45) is 5.12. The first kappa shape index (κ1) is 25.2. The maximum Gasteiger partial charge on any atom is 0.190 e. The first-order valence-electron chi connectivity index (χ1n) is 10.6. The third-order valence-corrected chi connectivity index (χ3v) is 7.27. The van der Waals surface area contributed by atoms with Gasteiger partial charge in [0.25, 0.3) is 0 Å². The topological polar surface area (TPSA) is 91.4 Å². The van der Waals surface area contributed by atoms with E-state index in [2.05, 4.69) is 18.3 Å². The van der Waals surface area contributed by atoms with Crippen molar-refractivity contribution in [3.63, 3.8) is 0 Å². The number of benzene rings is 2. The second-order valence-electron chi connectivity index (χ2n) is 8.42. The molecule has 170 valence electrons. The average Bonchev–Trinajstić information content (AvgIpc) is 2.71. The van der Waals surface area contributed by atoms with Crippen LogP contribution in [0.2, 0.25) is 0 Å². The van der Waals surface area contributed by atoms with Crippen LogP contribution in [0.25, 0.3) is 0 Å². The highest BCUT2D eigenvalue weighted by Gasteiger charge is 2.34. The van der Waals surface area contributed by atoms with E-state index in [0.717, 1.165) is 70.9 Å². The molecule has 0 saturated heterocycles. The summed E-state index contributed by atoms with van der Waals surface area (Å²) >= 11 is 1.79. The molecule has 5 N–H and O–H groups in total. The van der Waals surface area contributed by atoms with Crippen LogP contribution in [-0.2, 0) is 6.42 Å². The number of para-hydroxylation sites is 1. The van der Waals surface area contributed by atoms with Gasteiger partial charge < -0.3 is 20.9 Å². The van der Waals surface area contributed by atoms with Crippen LogP contribution in [0.1, 0.15) is 54.9 Å². The van der Waals surface area contributed by atoms with Gasteiger partial charge in [-0.2, -0.15) is 0 Å². The van der Waals surface area contributed by atoms with Crippen LogP contribution < -0.4 is 15.8 Å². The van der Waals surface area contributed by atoms with Crippen molar-refractivity contribution in [2.24, 2.45) is 5.73 Å². The molecule has 0 amide bonds. The molecule has 0 fully saturated rings. The van der Waals surface area contributed by atoms with Gasteiger partial charge in [0.15, 0.2) is 5.96 Å². The molecule has 1 aliphatic rings. The molecule has 0 bridgehead atoms. The summed E-state index contributed by atoms with van der Waals surface area (Å²) in [6, 6.07) is 7.95. The van der Waals surface area contributed by atoms with E-state index in [0.29, 0.717) is 5.75 Å². The van der Waals surface area contributed by atoms with Gasteiger partial charge in [0.05, 0.1) is 5.69 Å². The number of nitrogens with one attached hydrogen (secondary N) is 2. The van der Waals surface area contributed by atoms with Gasteiger partial charge in [-0.3, -0.25) is 5.41 Å². The molecule has 0 saturated carbocycles. The zero-order valence-corrected chi connectivity index (χ0v) is 20.4. The van der Waals surface area contributed by atoms with Crippen LogP contribution in [-0.4, -0.2) is 22.4 Å². The molecule has 2 aromatic carbocycles. The molecule has 2 aromatic rings. The van der Waals surface area contributed by atoms with Gasteiger partial charge in [-0.15, -0.1) is 24.2 Å². The van der Waals surface area contributed by atoms with Gasteiger partial charge in [0.1, 0.15) is 17.1 Å². The molecule has 7 heteroatoms. The average molecular weight is 464 g/mol. The van der Waals surface area contributed by atoms with Crippen molar-refractivity contribution < 1.29 is 9.84 Å². The fraction of sp³-hybridized carbons (Fsp3) is 0.458. The smallest absolute Gasteiger partial charge is 0.190 e. The summed E-state index contributed by atoms with van der Waals surface area (Å²) in [5, 5.41) is 20.7. The van der Waals surface area contributed by atoms with Crippen LogP contribution in [0, 0.1) is 26.2 Å². The molecule has 1 unspecified atom stereocenters. The molecule has 31 heavy (non-hydrogen) atoms. The largest absolute Gasteiger partial charge is 0.507 e. The van der Waals surface area contributed by atoms with E-state index in [1.807, 2.05) is 39.0 Å². The number of nitrogens with two attached hydrogens (primary N) is 1. The molecule has 1 heterocycles. The highest BCUT2D eigenvalue weighted by atomic mass is 35.5. The number of phenols is 1. The van der Waals surface area contributed by atoms with Gasteiger partial charge in [0.2, 0.25) is 0 Å². The van der Waals surface area contributed by atoms with E-state index >= 15 is 0 Å². The van der Waals surface area contributed by atoms with E-state index in [-0.39, 0.29) is 24.0 Å². The van der Waals surface area contributed by atoms with Crippen molar-refractivity contribution in [2.45, 2.75) is 70.3 Å². The summed E-state index contributed by atoms with van der Waals surface area (Å²) in [6.45, 7) is 8.21. The van der Waals surface area contributed by atoms with Crippen LogP contribution >= 0.6 is 24.2 Å². The Morgan fingerprint density at radius 3 is 2.61 bits per heavy atom. The Bertz CT molecular complexity index is 951. The highest BCUT2D eigenvalue weighted by molar-refractivity contribution is 7.99. The second-order valence-corrected chi connectivity index (χ2v) is 9.56. The molecule has 0 aliphatic carbocycles. The fourth-order valence-electron chi connectivity index (χ4n) is 4.09. The second kappa shape index (κ2) is 10.5. The van der Waals surface area contributed by atoms with Gasteiger partial charge in [-0.1, -0.05) is 12.1 Å². The maximum atomic E-state index is 10.4. The lowest BCUT2D eigenvalue weighted by molar-refractivity contribution is 0.0528. The zero-order valence-electron chi connectivity index (χ0n) is 18.8. The summed E-state index contributed by atoms with van der Waals surface area (Å²) < 4.78 is 6.53. The Labute approximate surface area is 196 Å². The number of anilines is 1. The number of ether oxygens (including phenoxy) is 1. The number of thioether (sulfide) groups is 1. The summed E-state index contributed by atoms with van der Waals surface area (Å²) in [7, 11) is 0. The number of halogens is 1. The predicted octanol–water partition coefficient (Wildman–Crippen LogP) is 6.09. The zero-order chi connectivity index (χ0) is 21.9. The number of fused-ring (bicyclic) bond motifs is 1. The number of guanidine groups is 1. The number of aromatic hydroxyl groups is 1. The molecule has 1 aliphatic heterocycles. The number of hydrogen-bond acceptors (Lipinski definition) is 4. The Kier molecular flexibility index (Phi) is 8.55. The summed E-state index contributed by atoms with van der Waals surface area (Å²) in [4.78, 5) is 1.11. The van der Waals surface area contributed by atoms with Crippen LogP contribution in [0.5, 0.6) is 11.5 Å². The molecular formula is C24H34ClN3O2S. The van der Waals surface area contributed by atoms with Crippen LogP contribution in [0.15, 0.2) is 29.2 Å². The van der Waals surface area contributed by atoms with Crippen molar-refractivity contribution in [3.8, 4) is 11.5 Å².